The highest BCUT2D eigenvalue weighted by atomic mass is 16.6. The van der Waals surface area contributed by atoms with Gasteiger partial charge < -0.3 is 15.8 Å². The third kappa shape index (κ3) is 4.59. The molecule has 3 N–H and O–H groups in total. The van der Waals surface area contributed by atoms with Crippen LogP contribution in [0, 0.1) is 16.0 Å². The van der Waals surface area contributed by atoms with E-state index in [-0.39, 0.29) is 11.3 Å². The molecule has 122 valence electrons. The van der Waals surface area contributed by atoms with Crippen molar-refractivity contribution in [3.8, 4) is 0 Å². The Morgan fingerprint density at radius 2 is 2.09 bits per heavy atom. The first-order valence-electron chi connectivity index (χ1n) is 7.70. The number of nitro groups is 1. The lowest BCUT2D eigenvalue weighted by molar-refractivity contribution is -0.383. The molecule has 1 saturated carbocycles. The van der Waals surface area contributed by atoms with E-state index in [1.807, 2.05) is 0 Å². The Bertz CT molecular complexity index is 534. The molecule has 0 radical (unpaired) electrons. The molecule has 0 amide bonds. The normalized spacial score (nSPS) is 21.2. The number of nitrogens with one attached hydrogen (secondary N) is 1. The van der Waals surface area contributed by atoms with Crippen molar-refractivity contribution < 1.29 is 9.66 Å². The van der Waals surface area contributed by atoms with Crippen molar-refractivity contribution in [1.82, 2.24) is 0 Å². The minimum absolute atomic E-state index is 0.0664. The number of nitro benzene ring substituents is 1. The summed E-state index contributed by atoms with van der Waals surface area (Å²) in [5.74, 6) is 0.625. The number of hydrogen-bond donors (Lipinski definition) is 2. The van der Waals surface area contributed by atoms with Gasteiger partial charge >= 0.3 is 0 Å². The van der Waals surface area contributed by atoms with Crippen LogP contribution in [0.5, 0.6) is 0 Å². The molecular formula is C16H25N3O3. The molecule has 0 atom stereocenters. The van der Waals surface area contributed by atoms with Crippen LogP contribution in [0.2, 0.25) is 0 Å². The van der Waals surface area contributed by atoms with Crippen molar-refractivity contribution in [2.75, 3.05) is 17.6 Å². The lowest BCUT2D eigenvalue weighted by Crippen LogP contribution is -2.38. The van der Waals surface area contributed by atoms with Crippen LogP contribution < -0.4 is 11.1 Å². The summed E-state index contributed by atoms with van der Waals surface area (Å²) in [5, 5.41) is 14.1. The number of anilines is 2. The summed E-state index contributed by atoms with van der Waals surface area (Å²) in [6, 6.07) is 4.60. The zero-order valence-corrected chi connectivity index (χ0v) is 13.5. The molecule has 1 aromatic rings. The predicted molar refractivity (Wildman–Crippen MR) is 88.0 cm³/mol. The molecule has 2 rings (SSSR count). The van der Waals surface area contributed by atoms with Gasteiger partial charge in [0.25, 0.3) is 5.69 Å². The number of nitrogens with two attached hydrogens (primary N) is 1. The van der Waals surface area contributed by atoms with Gasteiger partial charge in [0.05, 0.1) is 16.6 Å². The first-order valence-corrected chi connectivity index (χ1v) is 7.70. The average Bonchev–Trinajstić information content (AvgIpc) is 2.33. The van der Waals surface area contributed by atoms with Crippen LogP contribution in [-0.2, 0) is 4.74 Å². The molecule has 0 aliphatic heterocycles. The largest absolute Gasteiger partial charge is 0.399 e. The van der Waals surface area contributed by atoms with E-state index in [9.17, 15) is 10.1 Å². The zero-order chi connectivity index (χ0) is 16.3. The Balaban J connectivity index is 1.77. The Hall–Kier alpha value is -1.82. The van der Waals surface area contributed by atoms with Crippen molar-refractivity contribution in [3.63, 3.8) is 0 Å². The van der Waals surface area contributed by atoms with Gasteiger partial charge in [0.15, 0.2) is 0 Å². The maximum atomic E-state index is 11.0. The Morgan fingerprint density at radius 1 is 1.41 bits per heavy atom. The van der Waals surface area contributed by atoms with Crippen LogP contribution in [0.4, 0.5) is 17.1 Å². The molecule has 1 aromatic carbocycles. The number of rotatable bonds is 6. The summed E-state index contributed by atoms with van der Waals surface area (Å²) in [5.41, 5.74) is 6.69. The smallest absolute Gasteiger partial charge is 0.292 e. The molecule has 1 aliphatic carbocycles. The van der Waals surface area contributed by atoms with E-state index in [4.69, 9.17) is 10.5 Å². The fraction of sp³-hybridized carbons (Fsp3) is 0.625. The molecule has 1 fully saturated rings. The highest BCUT2D eigenvalue weighted by Gasteiger charge is 2.32. The molecule has 22 heavy (non-hydrogen) atoms. The second kappa shape index (κ2) is 6.52. The van der Waals surface area contributed by atoms with Crippen molar-refractivity contribution in [2.45, 2.75) is 51.7 Å². The van der Waals surface area contributed by atoms with Gasteiger partial charge in [0.2, 0.25) is 0 Å². The molecule has 0 heterocycles. The van der Waals surface area contributed by atoms with E-state index in [0.717, 1.165) is 19.3 Å². The van der Waals surface area contributed by atoms with Crippen LogP contribution in [0.3, 0.4) is 0 Å². The highest BCUT2D eigenvalue weighted by molar-refractivity contribution is 5.67. The highest BCUT2D eigenvalue weighted by Crippen LogP contribution is 2.35. The van der Waals surface area contributed by atoms with Crippen LogP contribution in [-0.4, -0.2) is 23.2 Å². The first kappa shape index (κ1) is 16.5. The minimum atomic E-state index is -0.391. The number of nitrogen functional groups attached to an aromatic ring is 1. The van der Waals surface area contributed by atoms with Gasteiger partial charge in [-0.05, 0) is 58.1 Å². The van der Waals surface area contributed by atoms with Crippen LogP contribution in [0.25, 0.3) is 0 Å². The molecule has 1 aliphatic rings. The second-order valence-electron chi connectivity index (χ2n) is 6.94. The summed E-state index contributed by atoms with van der Waals surface area (Å²) in [6.07, 6.45) is 3.47. The van der Waals surface area contributed by atoms with Crippen molar-refractivity contribution >= 4 is 17.1 Å². The van der Waals surface area contributed by atoms with Gasteiger partial charge in [-0.2, -0.15) is 0 Å². The number of benzene rings is 1. The molecule has 0 spiro atoms. The predicted octanol–water partition coefficient (Wildman–Crippen LogP) is 3.57. The summed E-state index contributed by atoms with van der Waals surface area (Å²) < 4.78 is 5.91. The third-order valence-electron chi connectivity index (χ3n) is 3.80. The molecule has 0 saturated heterocycles. The maximum Gasteiger partial charge on any atom is 0.292 e. The molecule has 0 aromatic heterocycles. The number of nitrogens with zero attached hydrogens (tertiary/aromatic N) is 1. The quantitative estimate of drug-likeness (QED) is 0.476. The Morgan fingerprint density at radius 3 is 2.68 bits per heavy atom. The van der Waals surface area contributed by atoms with E-state index in [1.54, 1.807) is 12.1 Å². The van der Waals surface area contributed by atoms with Crippen LogP contribution >= 0.6 is 0 Å². The fourth-order valence-corrected chi connectivity index (χ4v) is 2.77. The maximum absolute atomic E-state index is 11.0. The number of ether oxygens (including phenoxy) is 1. The first-order chi connectivity index (χ1) is 10.2. The molecular weight excluding hydrogens is 282 g/mol. The third-order valence-corrected chi connectivity index (χ3v) is 3.80. The van der Waals surface area contributed by atoms with Gasteiger partial charge in [-0.1, -0.05) is 0 Å². The average molecular weight is 307 g/mol. The van der Waals surface area contributed by atoms with E-state index in [2.05, 4.69) is 26.1 Å². The second-order valence-corrected chi connectivity index (χ2v) is 6.94. The van der Waals surface area contributed by atoms with E-state index >= 15 is 0 Å². The molecule has 0 unspecified atom stereocenters. The summed E-state index contributed by atoms with van der Waals surface area (Å²) in [6.45, 7) is 6.92. The van der Waals surface area contributed by atoms with Gasteiger partial charge in [0, 0.05) is 18.3 Å². The van der Waals surface area contributed by atoms with Crippen molar-refractivity contribution in [2.24, 2.45) is 5.92 Å². The fourth-order valence-electron chi connectivity index (χ4n) is 2.77. The standard InChI is InChI=1S/C16H25N3O3/c1-16(2,3)22-13-8-11(9-13)6-7-18-14-10-12(17)4-5-15(14)19(20)21/h4-5,10-11,13,18H,6-9,17H2,1-3H3. The van der Waals surface area contributed by atoms with Crippen LogP contribution in [0.15, 0.2) is 18.2 Å². The van der Waals surface area contributed by atoms with Gasteiger partial charge in [0.1, 0.15) is 5.69 Å². The van der Waals surface area contributed by atoms with Crippen molar-refractivity contribution in [1.29, 1.82) is 0 Å². The minimum Gasteiger partial charge on any atom is -0.399 e. The van der Waals surface area contributed by atoms with Gasteiger partial charge in [-0.15, -0.1) is 0 Å². The van der Waals surface area contributed by atoms with Gasteiger partial charge in [-0.25, -0.2) is 0 Å². The van der Waals surface area contributed by atoms with Gasteiger partial charge in [-0.3, -0.25) is 10.1 Å². The van der Waals surface area contributed by atoms with E-state index in [1.165, 1.54) is 6.07 Å². The lowest BCUT2D eigenvalue weighted by atomic mass is 9.79. The Labute approximate surface area is 131 Å². The summed E-state index contributed by atoms with van der Waals surface area (Å²) in [7, 11) is 0. The lowest BCUT2D eigenvalue weighted by Gasteiger charge is -2.39. The van der Waals surface area contributed by atoms with Crippen molar-refractivity contribution in [3.05, 3.63) is 28.3 Å². The van der Waals surface area contributed by atoms with Crippen LogP contribution in [0.1, 0.15) is 40.0 Å². The molecule has 6 heteroatoms. The molecule has 0 bridgehead atoms. The van der Waals surface area contributed by atoms with E-state index < -0.39 is 4.92 Å². The Kier molecular flexibility index (Phi) is 4.90. The summed E-state index contributed by atoms with van der Waals surface area (Å²) in [4.78, 5) is 10.6. The zero-order valence-electron chi connectivity index (χ0n) is 13.5. The molecule has 6 nitrogen and oxygen atoms in total. The number of hydrogen-bond acceptors (Lipinski definition) is 5. The van der Waals surface area contributed by atoms with E-state index in [0.29, 0.717) is 29.9 Å². The summed E-state index contributed by atoms with van der Waals surface area (Å²) >= 11 is 0. The SMILES string of the molecule is CC(C)(C)OC1CC(CCNc2cc(N)ccc2[N+](=O)[O-])C1. The monoisotopic (exact) mass is 307 g/mol. The topological polar surface area (TPSA) is 90.4 Å².